The molecular formula is C21H28. The molecule has 0 heteroatoms. The summed E-state index contributed by atoms with van der Waals surface area (Å²) >= 11 is 0. The van der Waals surface area contributed by atoms with E-state index in [2.05, 4.69) is 64.1 Å². The second-order valence-electron chi connectivity index (χ2n) is 6.10. The molecule has 0 atom stereocenters. The van der Waals surface area contributed by atoms with E-state index in [-0.39, 0.29) is 0 Å². The second-order valence-corrected chi connectivity index (χ2v) is 6.10. The predicted molar refractivity (Wildman–Crippen MR) is 94.0 cm³/mol. The Labute approximate surface area is 130 Å². The van der Waals surface area contributed by atoms with Crippen LogP contribution in [-0.4, -0.2) is 0 Å². The van der Waals surface area contributed by atoms with Crippen LogP contribution in [0.2, 0.25) is 0 Å². The first-order valence-corrected chi connectivity index (χ1v) is 8.35. The van der Waals surface area contributed by atoms with Crippen LogP contribution in [0.5, 0.6) is 0 Å². The smallest absolute Gasteiger partial charge is 0.0149 e. The molecule has 0 heterocycles. The fourth-order valence-corrected chi connectivity index (χ4v) is 3.03. The van der Waals surface area contributed by atoms with Gasteiger partial charge in [-0.3, -0.25) is 0 Å². The lowest BCUT2D eigenvalue weighted by Gasteiger charge is -2.14. The molecule has 2 aromatic carbocycles. The maximum absolute atomic E-state index is 2.42. The molecular weight excluding hydrogens is 252 g/mol. The third-order valence-corrected chi connectivity index (χ3v) is 4.37. The molecule has 0 amide bonds. The molecule has 0 unspecified atom stereocenters. The summed E-state index contributed by atoms with van der Waals surface area (Å²) in [6, 6.07) is 13.7. The predicted octanol–water partition coefficient (Wildman–Crippen LogP) is 6.27. The molecule has 0 saturated heterocycles. The molecule has 0 spiro atoms. The van der Waals surface area contributed by atoms with E-state index in [1.54, 1.807) is 0 Å². The summed E-state index contributed by atoms with van der Waals surface area (Å²) in [6.07, 6.45) is 6.10. The number of hydrogen-bond acceptors (Lipinski definition) is 0. The minimum atomic E-state index is 1.17. The van der Waals surface area contributed by atoms with Crippen LogP contribution >= 0.6 is 0 Å². The quantitative estimate of drug-likeness (QED) is 0.585. The Kier molecular flexibility index (Phi) is 5.61. The van der Waals surface area contributed by atoms with Gasteiger partial charge in [0.05, 0.1) is 0 Å². The highest BCUT2D eigenvalue weighted by Crippen LogP contribution is 2.29. The number of benzene rings is 2. The zero-order chi connectivity index (χ0) is 15.2. The average Bonchev–Trinajstić information content (AvgIpc) is 2.49. The van der Waals surface area contributed by atoms with Crippen LogP contribution in [0.3, 0.4) is 0 Å². The summed E-state index contributed by atoms with van der Waals surface area (Å²) in [5, 5.41) is 0. The summed E-state index contributed by atoms with van der Waals surface area (Å²) in [4.78, 5) is 0. The summed E-state index contributed by atoms with van der Waals surface area (Å²) in [6.45, 7) is 9.00. The second kappa shape index (κ2) is 7.45. The van der Waals surface area contributed by atoms with Crippen molar-refractivity contribution < 1.29 is 0 Å². The molecule has 2 aromatic rings. The van der Waals surface area contributed by atoms with Crippen LogP contribution < -0.4 is 0 Å². The monoisotopic (exact) mass is 280 g/mol. The first kappa shape index (κ1) is 15.8. The molecule has 0 bridgehead atoms. The molecule has 2 rings (SSSR count). The molecule has 0 aliphatic rings. The van der Waals surface area contributed by atoms with Crippen molar-refractivity contribution in [1.82, 2.24) is 0 Å². The third-order valence-electron chi connectivity index (χ3n) is 4.37. The van der Waals surface area contributed by atoms with Gasteiger partial charge in [-0.05, 0) is 66.5 Å². The SMILES string of the molecule is CCCCc1cc(-c2cccc(C)c2CCC)ccc1C. The van der Waals surface area contributed by atoms with E-state index in [4.69, 9.17) is 0 Å². The van der Waals surface area contributed by atoms with Gasteiger partial charge in [0, 0.05) is 0 Å². The van der Waals surface area contributed by atoms with E-state index in [1.165, 1.54) is 65.5 Å². The fourth-order valence-electron chi connectivity index (χ4n) is 3.03. The molecule has 0 aromatic heterocycles. The molecule has 0 nitrogen and oxygen atoms in total. The van der Waals surface area contributed by atoms with E-state index in [0.29, 0.717) is 0 Å². The van der Waals surface area contributed by atoms with Gasteiger partial charge >= 0.3 is 0 Å². The lowest BCUT2D eigenvalue weighted by Crippen LogP contribution is -1.96. The van der Waals surface area contributed by atoms with E-state index >= 15 is 0 Å². The lowest BCUT2D eigenvalue weighted by molar-refractivity contribution is 0.791. The first-order valence-electron chi connectivity index (χ1n) is 8.35. The van der Waals surface area contributed by atoms with Crippen molar-refractivity contribution in [2.75, 3.05) is 0 Å². The van der Waals surface area contributed by atoms with Crippen LogP contribution in [0.25, 0.3) is 11.1 Å². The van der Waals surface area contributed by atoms with Crippen LogP contribution in [-0.2, 0) is 12.8 Å². The van der Waals surface area contributed by atoms with Crippen molar-refractivity contribution >= 4 is 0 Å². The Morgan fingerprint density at radius 1 is 0.810 bits per heavy atom. The Hall–Kier alpha value is -1.56. The van der Waals surface area contributed by atoms with Crippen molar-refractivity contribution in [2.24, 2.45) is 0 Å². The van der Waals surface area contributed by atoms with E-state index in [1.807, 2.05) is 0 Å². The summed E-state index contributed by atoms with van der Waals surface area (Å²) in [7, 11) is 0. The average molecular weight is 280 g/mol. The summed E-state index contributed by atoms with van der Waals surface area (Å²) < 4.78 is 0. The maximum Gasteiger partial charge on any atom is -0.0149 e. The Balaban J connectivity index is 2.44. The molecule has 112 valence electrons. The van der Waals surface area contributed by atoms with Gasteiger partial charge in [-0.15, -0.1) is 0 Å². The third kappa shape index (κ3) is 3.75. The van der Waals surface area contributed by atoms with Crippen LogP contribution in [0.15, 0.2) is 36.4 Å². The summed E-state index contributed by atoms with van der Waals surface area (Å²) in [5.41, 5.74) is 8.69. The molecule has 0 aliphatic heterocycles. The molecule has 0 radical (unpaired) electrons. The topological polar surface area (TPSA) is 0 Å². The van der Waals surface area contributed by atoms with Gasteiger partial charge in [0.1, 0.15) is 0 Å². The van der Waals surface area contributed by atoms with Crippen molar-refractivity contribution in [1.29, 1.82) is 0 Å². The Morgan fingerprint density at radius 3 is 2.33 bits per heavy atom. The zero-order valence-corrected chi connectivity index (χ0v) is 14.0. The van der Waals surface area contributed by atoms with Crippen LogP contribution in [0.4, 0.5) is 0 Å². The lowest BCUT2D eigenvalue weighted by atomic mass is 9.90. The standard InChI is InChI=1S/C21H28/c1-5-7-11-18-15-19(14-13-16(18)3)21-12-8-10-17(4)20(21)9-6-2/h8,10,12-15H,5-7,9,11H2,1-4H3. The van der Waals surface area contributed by atoms with Crippen molar-refractivity contribution in [3.8, 4) is 11.1 Å². The molecule has 21 heavy (non-hydrogen) atoms. The normalized spacial score (nSPS) is 10.9. The van der Waals surface area contributed by atoms with E-state index in [0.717, 1.165) is 0 Å². The minimum Gasteiger partial charge on any atom is -0.0654 e. The number of unbranched alkanes of at least 4 members (excludes halogenated alkanes) is 1. The minimum absolute atomic E-state index is 1.17. The van der Waals surface area contributed by atoms with Gasteiger partial charge in [0.15, 0.2) is 0 Å². The largest absolute Gasteiger partial charge is 0.0654 e. The maximum atomic E-state index is 2.42. The highest BCUT2D eigenvalue weighted by atomic mass is 14.1. The molecule has 0 saturated carbocycles. The number of rotatable bonds is 6. The van der Waals surface area contributed by atoms with E-state index in [9.17, 15) is 0 Å². The molecule has 0 aliphatic carbocycles. The van der Waals surface area contributed by atoms with Crippen molar-refractivity contribution in [3.05, 3.63) is 58.7 Å². The first-order chi connectivity index (χ1) is 10.2. The van der Waals surface area contributed by atoms with Crippen molar-refractivity contribution in [2.45, 2.75) is 59.8 Å². The molecule has 0 N–H and O–H groups in total. The van der Waals surface area contributed by atoms with Gasteiger partial charge in [-0.1, -0.05) is 63.1 Å². The highest BCUT2D eigenvalue weighted by Gasteiger charge is 2.08. The Morgan fingerprint density at radius 2 is 1.62 bits per heavy atom. The van der Waals surface area contributed by atoms with E-state index < -0.39 is 0 Å². The van der Waals surface area contributed by atoms with Crippen molar-refractivity contribution in [3.63, 3.8) is 0 Å². The van der Waals surface area contributed by atoms with Gasteiger partial charge in [0.2, 0.25) is 0 Å². The van der Waals surface area contributed by atoms with Gasteiger partial charge < -0.3 is 0 Å². The number of aryl methyl sites for hydroxylation is 3. The highest BCUT2D eigenvalue weighted by molar-refractivity contribution is 5.70. The fraction of sp³-hybridized carbons (Fsp3) is 0.429. The molecule has 0 fully saturated rings. The Bertz CT molecular complexity index is 593. The van der Waals surface area contributed by atoms with Gasteiger partial charge in [-0.25, -0.2) is 0 Å². The van der Waals surface area contributed by atoms with Gasteiger partial charge in [-0.2, -0.15) is 0 Å². The van der Waals surface area contributed by atoms with Crippen LogP contribution in [0, 0.1) is 13.8 Å². The van der Waals surface area contributed by atoms with Crippen LogP contribution in [0.1, 0.15) is 55.4 Å². The summed E-state index contributed by atoms with van der Waals surface area (Å²) in [5.74, 6) is 0. The number of hydrogen-bond donors (Lipinski definition) is 0. The zero-order valence-electron chi connectivity index (χ0n) is 14.0. The van der Waals surface area contributed by atoms with Gasteiger partial charge in [0.25, 0.3) is 0 Å².